The predicted octanol–water partition coefficient (Wildman–Crippen LogP) is -3.49. The summed E-state index contributed by atoms with van der Waals surface area (Å²) in [4.78, 5) is 161. The predicted molar refractivity (Wildman–Crippen MR) is 239 cm³/mol. The van der Waals surface area contributed by atoms with E-state index in [0.29, 0.717) is 18.5 Å². The third-order valence-corrected chi connectivity index (χ3v) is 11.1. The number of carboxylic acid groups (broad SMARTS) is 5. The summed E-state index contributed by atoms with van der Waals surface area (Å²) in [6.07, 6.45) is -1.15. The third kappa shape index (κ3) is 20.6. The number of H-pyrrole nitrogens is 1. The first-order chi connectivity index (χ1) is 32.9. The van der Waals surface area contributed by atoms with Crippen LogP contribution >= 0.6 is 0 Å². The van der Waals surface area contributed by atoms with Crippen LogP contribution in [0.5, 0.6) is 0 Å². The van der Waals surface area contributed by atoms with Crippen molar-refractivity contribution in [3.8, 4) is 0 Å². The molecule has 2 rings (SSSR count). The van der Waals surface area contributed by atoms with E-state index in [4.69, 9.17) is 16.6 Å². The number of carbonyl (C=O) groups is 12. The topological polar surface area (TPSA) is 462 Å². The molecule has 0 aliphatic carbocycles. The summed E-state index contributed by atoms with van der Waals surface area (Å²) in [5.41, 5.74) is 11.6. The fourth-order valence-corrected chi connectivity index (χ4v) is 7.23. The number of rotatable bonds is 33. The van der Waals surface area contributed by atoms with Gasteiger partial charge in [0, 0.05) is 50.5 Å². The molecule has 1 aliphatic rings. The molecule has 0 spiro atoms. The highest BCUT2D eigenvalue weighted by Crippen LogP contribution is 2.21. The second kappa shape index (κ2) is 29.6. The molecular formula is C42H65N11O17. The number of aromatic amines is 1. The molecule has 1 saturated heterocycles. The van der Waals surface area contributed by atoms with Crippen molar-refractivity contribution in [2.24, 2.45) is 17.4 Å². The number of amides is 7. The van der Waals surface area contributed by atoms with Gasteiger partial charge in [0.05, 0.1) is 12.4 Å². The van der Waals surface area contributed by atoms with Crippen molar-refractivity contribution in [2.75, 3.05) is 13.1 Å². The monoisotopic (exact) mass is 995 g/mol. The van der Waals surface area contributed by atoms with E-state index in [1.54, 1.807) is 13.8 Å². The highest BCUT2D eigenvalue weighted by molar-refractivity contribution is 5.98. The Morgan fingerprint density at radius 2 is 1.14 bits per heavy atom. The molecular weight excluding hydrogens is 931 g/mol. The maximum atomic E-state index is 14.3. The van der Waals surface area contributed by atoms with E-state index >= 15 is 0 Å². The van der Waals surface area contributed by atoms with E-state index < -0.39 is 170 Å². The Kier molecular flexibility index (Phi) is 24.9. The quantitative estimate of drug-likeness (QED) is 0.0304. The molecule has 0 aromatic carbocycles. The van der Waals surface area contributed by atoms with E-state index in [1.807, 2.05) is 0 Å². The first kappa shape index (κ1) is 58.9. The van der Waals surface area contributed by atoms with Gasteiger partial charge in [-0.05, 0) is 70.3 Å². The van der Waals surface area contributed by atoms with Gasteiger partial charge in [-0.3, -0.25) is 52.7 Å². The Labute approximate surface area is 401 Å². The van der Waals surface area contributed by atoms with Gasteiger partial charge in [0.25, 0.3) is 0 Å². The van der Waals surface area contributed by atoms with Crippen molar-refractivity contribution in [2.45, 2.75) is 152 Å². The van der Waals surface area contributed by atoms with Gasteiger partial charge >= 0.3 is 29.8 Å². The Bertz CT molecular complexity index is 2020. The number of nitrogens with zero attached hydrogens (tertiary/aromatic N) is 2. The normalized spacial score (nSPS) is 16.2. The minimum absolute atomic E-state index is 0.0321. The molecule has 0 radical (unpaired) electrons. The van der Waals surface area contributed by atoms with Crippen LogP contribution in [0.2, 0.25) is 0 Å². The van der Waals surface area contributed by atoms with Crippen molar-refractivity contribution in [1.82, 2.24) is 46.8 Å². The molecule has 1 aliphatic heterocycles. The second-order valence-corrected chi connectivity index (χ2v) is 17.0. The number of aliphatic carboxylic acids is 5. The molecule has 28 nitrogen and oxygen atoms in total. The van der Waals surface area contributed by atoms with Gasteiger partial charge in [0.1, 0.15) is 42.3 Å². The number of nitrogens with one attached hydrogen (secondary N) is 7. The molecule has 0 unspecified atom stereocenters. The Morgan fingerprint density at radius 3 is 1.66 bits per heavy atom. The SMILES string of the molecule is CC(C)[C@H](NC(=O)[C@@H](N)CCC(=O)O)C(=O)N[C@@H](Cc1cnc[nH]1)C(=O)N[C@@H](CCC(=O)O)C(=O)N1CCC[C@H]1C(=O)N[C@@H](CCC(=O)O)C(=O)N[C@@H](CCC(=O)O)C(=O)N[C@@H](CCCCN)C(=O)O. The zero-order valence-corrected chi connectivity index (χ0v) is 38.8. The van der Waals surface area contributed by atoms with Crippen LogP contribution in [-0.4, -0.2) is 173 Å². The number of hydrogen-bond acceptors (Lipinski definition) is 15. The van der Waals surface area contributed by atoms with Crippen LogP contribution in [0.25, 0.3) is 0 Å². The third-order valence-electron chi connectivity index (χ3n) is 11.1. The fraction of sp³-hybridized carbons (Fsp3) is 0.643. The van der Waals surface area contributed by atoms with Gasteiger partial charge in [-0.15, -0.1) is 0 Å². The van der Waals surface area contributed by atoms with Crippen LogP contribution in [0.15, 0.2) is 12.5 Å². The maximum Gasteiger partial charge on any atom is 0.326 e. The first-order valence-corrected chi connectivity index (χ1v) is 22.6. The molecule has 70 heavy (non-hydrogen) atoms. The molecule has 28 heteroatoms. The number of carbonyl (C=O) groups excluding carboxylic acids is 7. The second-order valence-electron chi connectivity index (χ2n) is 17.0. The number of hydrogen-bond donors (Lipinski definition) is 14. The molecule has 1 aromatic heterocycles. The molecule has 0 saturated carbocycles. The maximum absolute atomic E-state index is 14.3. The van der Waals surface area contributed by atoms with Crippen LogP contribution in [-0.2, 0) is 64.0 Å². The van der Waals surface area contributed by atoms with Gasteiger partial charge < -0.3 is 78.8 Å². The molecule has 1 fully saturated rings. The number of aromatic nitrogens is 2. The van der Waals surface area contributed by atoms with Gasteiger partial charge in [-0.25, -0.2) is 9.78 Å². The van der Waals surface area contributed by atoms with Crippen molar-refractivity contribution in [1.29, 1.82) is 0 Å². The largest absolute Gasteiger partial charge is 0.481 e. The van der Waals surface area contributed by atoms with Gasteiger partial charge in [-0.2, -0.15) is 0 Å². The molecule has 1 aromatic rings. The summed E-state index contributed by atoms with van der Waals surface area (Å²) in [5, 5.41) is 61.3. The van der Waals surface area contributed by atoms with Crippen molar-refractivity contribution < 1.29 is 83.1 Å². The molecule has 2 heterocycles. The molecule has 0 bridgehead atoms. The summed E-state index contributed by atoms with van der Waals surface area (Å²) < 4.78 is 0. The van der Waals surface area contributed by atoms with Crippen molar-refractivity contribution in [3.05, 3.63) is 18.2 Å². The summed E-state index contributed by atoms with van der Waals surface area (Å²) in [7, 11) is 0. The van der Waals surface area contributed by atoms with Crippen LogP contribution < -0.4 is 43.4 Å². The zero-order chi connectivity index (χ0) is 52.7. The summed E-state index contributed by atoms with van der Waals surface area (Å²) in [6, 6.07) is -12.0. The van der Waals surface area contributed by atoms with Gasteiger partial charge in [0.15, 0.2) is 0 Å². The fourth-order valence-electron chi connectivity index (χ4n) is 7.23. The zero-order valence-electron chi connectivity index (χ0n) is 38.8. The van der Waals surface area contributed by atoms with Gasteiger partial charge in [0.2, 0.25) is 41.4 Å². The average Bonchev–Trinajstić information content (AvgIpc) is 4.00. The number of carboxylic acids is 5. The smallest absolute Gasteiger partial charge is 0.326 e. The minimum Gasteiger partial charge on any atom is -0.481 e. The molecule has 390 valence electrons. The number of nitrogens with two attached hydrogens (primary N) is 2. The number of likely N-dealkylation sites (tertiary alicyclic amines) is 1. The molecule has 8 atom stereocenters. The highest BCUT2D eigenvalue weighted by Gasteiger charge is 2.41. The van der Waals surface area contributed by atoms with E-state index in [1.165, 1.54) is 12.5 Å². The van der Waals surface area contributed by atoms with E-state index in [0.717, 1.165) is 4.90 Å². The summed E-state index contributed by atoms with van der Waals surface area (Å²) in [5.74, 6) is -14.2. The lowest BCUT2D eigenvalue weighted by molar-refractivity contribution is -0.144. The standard InChI is InChI=1S/C42H65N11O17/c1-21(2)34(52-35(62)23(44)8-12-30(54)55)40(67)51-28(18-22-19-45-20-46-22)38(65)49-26(11-15-33(60)61)41(68)53-17-5-7-29(53)39(66)48-25(10-14-32(58)59)36(63)47-24(9-13-31(56)57)37(64)50-27(42(69)70)6-3-4-16-43/h19-21,23-29,34H,3-18,43-44H2,1-2H3,(H,45,46)(H,47,63)(H,48,66)(H,49,65)(H,50,64)(H,51,67)(H,52,62)(H,54,55)(H,56,57)(H,58,59)(H,60,61)(H,69,70)/t23-,24-,25-,26-,27-,28-,29-,34-/m0/s1. The highest BCUT2D eigenvalue weighted by atomic mass is 16.4. The van der Waals surface area contributed by atoms with Crippen LogP contribution in [0, 0.1) is 5.92 Å². The lowest BCUT2D eigenvalue weighted by atomic mass is 10.0. The van der Waals surface area contributed by atoms with Crippen LogP contribution in [0.4, 0.5) is 0 Å². The number of unbranched alkanes of at least 4 members (excludes halogenated alkanes) is 1. The lowest BCUT2D eigenvalue weighted by Gasteiger charge is -2.31. The molecule has 16 N–H and O–H groups in total. The van der Waals surface area contributed by atoms with Crippen LogP contribution in [0.3, 0.4) is 0 Å². The van der Waals surface area contributed by atoms with E-state index in [9.17, 15) is 78.0 Å². The van der Waals surface area contributed by atoms with E-state index in [-0.39, 0.29) is 45.2 Å². The Hall–Kier alpha value is -7.23. The number of imidazole rings is 1. The van der Waals surface area contributed by atoms with Crippen molar-refractivity contribution >= 4 is 71.2 Å². The summed E-state index contributed by atoms with van der Waals surface area (Å²) >= 11 is 0. The Balaban J connectivity index is 2.40. The molecule has 7 amide bonds. The van der Waals surface area contributed by atoms with Crippen LogP contribution in [0.1, 0.15) is 103 Å². The average molecular weight is 996 g/mol. The lowest BCUT2D eigenvalue weighted by Crippen LogP contribution is -2.60. The summed E-state index contributed by atoms with van der Waals surface area (Å²) in [6.45, 7) is 3.27. The first-order valence-electron chi connectivity index (χ1n) is 22.6. The Morgan fingerprint density at radius 1 is 0.643 bits per heavy atom. The van der Waals surface area contributed by atoms with Gasteiger partial charge in [-0.1, -0.05) is 13.8 Å². The van der Waals surface area contributed by atoms with Crippen molar-refractivity contribution in [3.63, 3.8) is 0 Å². The minimum atomic E-state index is -1.71. The van der Waals surface area contributed by atoms with E-state index in [2.05, 4.69) is 41.9 Å².